The number of carbonyl (C=O) groups is 1. The molecule has 11 heteroatoms. The molecule has 1 aromatic rings. The number of hydrogen-bond acceptors (Lipinski definition) is 9. The van der Waals surface area contributed by atoms with Crippen molar-refractivity contribution in [2.24, 2.45) is 5.73 Å². The molecule has 0 bridgehead atoms. The van der Waals surface area contributed by atoms with E-state index in [4.69, 9.17) is 21.3 Å². The van der Waals surface area contributed by atoms with Gasteiger partial charge in [-0.3, -0.25) is 9.59 Å². The van der Waals surface area contributed by atoms with Crippen LogP contribution >= 0.6 is 0 Å². The zero-order valence-corrected chi connectivity index (χ0v) is 13.5. The zero-order valence-electron chi connectivity index (χ0n) is 13.5. The molecule has 1 saturated heterocycles. The smallest absolute Gasteiger partial charge is 0.280 e. The Hall–Kier alpha value is -2.05. The van der Waals surface area contributed by atoms with Crippen molar-refractivity contribution in [3.63, 3.8) is 0 Å². The summed E-state index contributed by atoms with van der Waals surface area (Å²) in [6, 6.07) is 0. The zero-order chi connectivity index (χ0) is 18.6. The minimum Gasteiger partial charge on any atom is -0.394 e. The highest BCUT2D eigenvalue weighted by Gasteiger charge is 2.44. The first-order chi connectivity index (χ1) is 11.9. The summed E-state index contributed by atoms with van der Waals surface area (Å²) in [4.78, 5) is 27.4. The maximum absolute atomic E-state index is 12.1. The molecule has 8 N–H and O–H groups in total. The molecule has 0 aliphatic carbocycles. The summed E-state index contributed by atoms with van der Waals surface area (Å²) in [5.74, 6) is -0.329. The highest BCUT2D eigenvalue weighted by molar-refractivity contribution is 5.75. The number of nitrogen functional groups attached to an aromatic ring is 1. The summed E-state index contributed by atoms with van der Waals surface area (Å²) in [6.45, 7) is 0.317. The lowest BCUT2D eigenvalue weighted by Crippen LogP contribution is -2.33. The number of nitrogens with one attached hydrogen (secondary N) is 1. The predicted octanol–water partition coefficient (Wildman–Crippen LogP) is -3.56. The Kier molecular flexibility index (Phi) is 6.45. The number of amides is 1. The lowest BCUT2D eigenvalue weighted by Gasteiger charge is -2.17. The topological polar surface area (TPSA) is 186 Å². The Bertz CT molecular complexity index is 666. The van der Waals surface area contributed by atoms with E-state index in [0.29, 0.717) is 13.1 Å². The molecule has 140 valence electrons. The number of aliphatic hydroxyl groups excluding tert-OH is 3. The molecule has 3 unspecified atom stereocenters. The van der Waals surface area contributed by atoms with Gasteiger partial charge < -0.3 is 41.4 Å². The van der Waals surface area contributed by atoms with Crippen LogP contribution < -0.4 is 22.3 Å². The van der Waals surface area contributed by atoms with E-state index in [-0.39, 0.29) is 30.4 Å². The molecule has 0 aromatic carbocycles. The van der Waals surface area contributed by atoms with Crippen LogP contribution in [-0.2, 0) is 16.1 Å². The molecule has 11 nitrogen and oxygen atoms in total. The maximum Gasteiger partial charge on any atom is 0.280 e. The molecule has 1 aliphatic heterocycles. The Morgan fingerprint density at radius 2 is 2.12 bits per heavy atom. The first-order valence-corrected chi connectivity index (χ1v) is 7.85. The van der Waals surface area contributed by atoms with E-state index in [1.54, 1.807) is 0 Å². The maximum atomic E-state index is 12.1. The van der Waals surface area contributed by atoms with Crippen LogP contribution in [0.4, 0.5) is 5.95 Å². The van der Waals surface area contributed by atoms with Crippen molar-refractivity contribution in [3.8, 4) is 0 Å². The number of nitrogens with two attached hydrogens (primary N) is 2. The minimum atomic E-state index is -1.39. The van der Waals surface area contributed by atoms with E-state index in [9.17, 15) is 19.8 Å². The molecule has 4 atom stereocenters. The Morgan fingerprint density at radius 3 is 2.72 bits per heavy atom. The van der Waals surface area contributed by atoms with Crippen LogP contribution in [0.2, 0.25) is 0 Å². The summed E-state index contributed by atoms with van der Waals surface area (Å²) >= 11 is 0. The summed E-state index contributed by atoms with van der Waals surface area (Å²) in [5.41, 5.74) is 10.3. The molecule has 2 heterocycles. The SMILES string of the molecule is NCCNC(=O)CCn1cc([C@H]2OC(CO)C(O)C2O)c(=O)nc1N. The van der Waals surface area contributed by atoms with E-state index in [2.05, 4.69) is 10.3 Å². The van der Waals surface area contributed by atoms with Gasteiger partial charge in [0.05, 0.1) is 12.2 Å². The van der Waals surface area contributed by atoms with Gasteiger partial charge >= 0.3 is 0 Å². The molecule has 0 spiro atoms. The fraction of sp³-hybridized carbons (Fsp3) is 0.643. The number of ether oxygens (including phenoxy) is 1. The van der Waals surface area contributed by atoms with E-state index in [1.807, 2.05) is 0 Å². The van der Waals surface area contributed by atoms with Gasteiger partial charge in [-0.2, -0.15) is 4.98 Å². The predicted molar refractivity (Wildman–Crippen MR) is 86.3 cm³/mol. The van der Waals surface area contributed by atoms with Crippen LogP contribution in [0.25, 0.3) is 0 Å². The van der Waals surface area contributed by atoms with Crippen molar-refractivity contribution in [2.45, 2.75) is 37.4 Å². The monoisotopic (exact) mass is 357 g/mol. The average molecular weight is 357 g/mol. The van der Waals surface area contributed by atoms with Crippen molar-refractivity contribution in [1.29, 1.82) is 0 Å². The number of hydrogen-bond donors (Lipinski definition) is 6. The highest BCUT2D eigenvalue weighted by Crippen LogP contribution is 2.31. The number of aromatic nitrogens is 2. The summed E-state index contributed by atoms with van der Waals surface area (Å²) < 4.78 is 6.72. The van der Waals surface area contributed by atoms with Crippen LogP contribution in [0, 0.1) is 0 Å². The number of nitrogens with zero attached hydrogens (tertiary/aromatic N) is 2. The summed E-state index contributed by atoms with van der Waals surface area (Å²) in [7, 11) is 0. The van der Waals surface area contributed by atoms with Gasteiger partial charge in [0, 0.05) is 32.3 Å². The van der Waals surface area contributed by atoms with Gasteiger partial charge in [0.15, 0.2) is 0 Å². The quantitative estimate of drug-likeness (QED) is 0.287. The van der Waals surface area contributed by atoms with Crippen molar-refractivity contribution in [1.82, 2.24) is 14.9 Å². The molecule has 0 saturated carbocycles. The standard InChI is InChI=1S/C14H23N5O6/c15-2-3-17-9(21)1-4-19-5-7(13(24)18-14(19)16)12-11(23)10(22)8(6-20)25-12/h5,8,10-12,20,22-23H,1-4,6,15H2,(H,17,21)(H2,16,18,24)/t8?,10?,11?,12-/m1/s1. The van der Waals surface area contributed by atoms with Gasteiger partial charge in [-0.1, -0.05) is 0 Å². The van der Waals surface area contributed by atoms with Gasteiger partial charge in [-0.15, -0.1) is 0 Å². The second kappa shape index (κ2) is 8.36. The fourth-order valence-electron chi connectivity index (χ4n) is 2.57. The lowest BCUT2D eigenvalue weighted by atomic mass is 10.0. The van der Waals surface area contributed by atoms with Crippen LogP contribution in [0.15, 0.2) is 11.0 Å². The summed E-state index contributed by atoms with van der Waals surface area (Å²) in [5, 5.41) is 31.6. The molecule has 1 aliphatic rings. The Morgan fingerprint density at radius 1 is 1.40 bits per heavy atom. The Balaban J connectivity index is 2.18. The number of carbonyl (C=O) groups excluding carboxylic acids is 1. The van der Waals surface area contributed by atoms with Crippen LogP contribution in [0.5, 0.6) is 0 Å². The molecular weight excluding hydrogens is 334 g/mol. The van der Waals surface area contributed by atoms with Crippen LogP contribution in [0.1, 0.15) is 18.1 Å². The Labute approximate surface area is 143 Å². The van der Waals surface area contributed by atoms with Crippen LogP contribution in [-0.4, -0.2) is 68.8 Å². The van der Waals surface area contributed by atoms with Gasteiger partial charge in [0.25, 0.3) is 5.56 Å². The van der Waals surface area contributed by atoms with Gasteiger partial charge in [-0.05, 0) is 0 Å². The van der Waals surface area contributed by atoms with E-state index < -0.39 is 36.6 Å². The lowest BCUT2D eigenvalue weighted by molar-refractivity contribution is -0.121. The molecule has 25 heavy (non-hydrogen) atoms. The summed E-state index contributed by atoms with van der Waals surface area (Å²) in [6.07, 6.45) is -3.46. The van der Waals surface area contributed by atoms with Crippen molar-refractivity contribution in [2.75, 3.05) is 25.4 Å². The third-order valence-electron chi connectivity index (χ3n) is 3.95. The van der Waals surface area contributed by atoms with Gasteiger partial charge in [-0.25, -0.2) is 0 Å². The first-order valence-electron chi connectivity index (χ1n) is 7.85. The van der Waals surface area contributed by atoms with E-state index in [1.165, 1.54) is 10.8 Å². The minimum absolute atomic E-state index is 0.0148. The second-order valence-corrected chi connectivity index (χ2v) is 5.70. The molecule has 2 rings (SSSR count). The highest BCUT2D eigenvalue weighted by atomic mass is 16.6. The van der Waals surface area contributed by atoms with E-state index in [0.717, 1.165) is 0 Å². The van der Waals surface area contributed by atoms with E-state index >= 15 is 0 Å². The first kappa shape index (κ1) is 19.3. The normalized spacial score (nSPS) is 25.9. The third-order valence-corrected chi connectivity index (χ3v) is 3.95. The van der Waals surface area contributed by atoms with Crippen LogP contribution in [0.3, 0.4) is 0 Å². The molecule has 1 amide bonds. The number of anilines is 1. The average Bonchev–Trinajstić information content (AvgIpc) is 2.87. The third kappa shape index (κ3) is 4.32. The number of rotatable bonds is 7. The molecule has 0 radical (unpaired) electrons. The molecular formula is C14H23N5O6. The van der Waals surface area contributed by atoms with Crippen molar-refractivity contribution >= 4 is 11.9 Å². The fourth-order valence-corrected chi connectivity index (χ4v) is 2.57. The largest absolute Gasteiger partial charge is 0.394 e. The molecule has 1 aromatic heterocycles. The van der Waals surface area contributed by atoms with Crippen molar-refractivity contribution < 1.29 is 24.9 Å². The van der Waals surface area contributed by atoms with Gasteiger partial charge in [0.2, 0.25) is 11.9 Å². The van der Waals surface area contributed by atoms with Crippen molar-refractivity contribution in [3.05, 3.63) is 22.1 Å². The van der Waals surface area contributed by atoms with Gasteiger partial charge in [0.1, 0.15) is 24.4 Å². The number of aryl methyl sites for hydroxylation is 1. The molecule has 1 fully saturated rings. The second-order valence-electron chi connectivity index (χ2n) is 5.70. The number of aliphatic hydroxyl groups is 3.